The molecule has 2 amide bonds. The summed E-state index contributed by atoms with van der Waals surface area (Å²) in [6.45, 7) is 0.426. The van der Waals surface area contributed by atoms with Gasteiger partial charge in [-0.2, -0.15) is 0 Å². The van der Waals surface area contributed by atoms with Crippen molar-refractivity contribution in [2.75, 3.05) is 12.3 Å². The van der Waals surface area contributed by atoms with Gasteiger partial charge in [-0.05, 0) is 10.4 Å². The second kappa shape index (κ2) is 4.60. The van der Waals surface area contributed by atoms with Gasteiger partial charge in [0.2, 0.25) is 17.0 Å². The summed E-state index contributed by atoms with van der Waals surface area (Å²) in [5.41, 5.74) is 0. The lowest BCUT2D eigenvalue weighted by Gasteiger charge is -2.12. The smallest absolute Gasteiger partial charge is 0.229 e. The molecule has 2 heterocycles. The maximum Gasteiger partial charge on any atom is 0.229 e. The van der Waals surface area contributed by atoms with Crippen LogP contribution in [0.4, 0.5) is 0 Å². The van der Waals surface area contributed by atoms with E-state index in [2.05, 4.69) is 15.5 Å². The summed E-state index contributed by atoms with van der Waals surface area (Å²) >= 11 is 1.43. The Hall–Kier alpha value is -1.44. The molecule has 0 radical (unpaired) electrons. The first kappa shape index (κ1) is 11.1. The average molecular weight is 241 g/mol. The molecule has 0 bridgehead atoms. The molecule has 0 unspecified atom stereocenters. The third-order valence-electron chi connectivity index (χ3n) is 2.28. The van der Waals surface area contributed by atoms with Crippen molar-refractivity contribution in [2.45, 2.75) is 18.0 Å². The molecule has 1 aromatic heterocycles. The van der Waals surface area contributed by atoms with E-state index in [1.165, 1.54) is 16.7 Å². The molecule has 86 valence electrons. The van der Waals surface area contributed by atoms with Crippen LogP contribution in [0.25, 0.3) is 0 Å². The zero-order chi connectivity index (χ0) is 11.5. The second-order valence-electron chi connectivity index (χ2n) is 3.37. The lowest BCUT2D eigenvalue weighted by molar-refractivity contribution is -0.137. The van der Waals surface area contributed by atoms with Gasteiger partial charge in [-0.25, -0.2) is 4.68 Å². The van der Waals surface area contributed by atoms with Crippen LogP contribution in [0.15, 0.2) is 5.16 Å². The Bertz CT molecular complexity index is 402. The Labute approximate surface area is 96.2 Å². The van der Waals surface area contributed by atoms with Crippen molar-refractivity contribution in [3.63, 3.8) is 0 Å². The van der Waals surface area contributed by atoms with Crippen LogP contribution in [0, 0.1) is 0 Å². The number of thioether (sulfide) groups is 1. The van der Waals surface area contributed by atoms with Crippen molar-refractivity contribution in [3.05, 3.63) is 0 Å². The van der Waals surface area contributed by atoms with E-state index < -0.39 is 0 Å². The van der Waals surface area contributed by atoms with Gasteiger partial charge in [0.05, 0.1) is 0 Å². The molecule has 1 aromatic rings. The standard InChI is InChI=1S/C8H11N5O2S/c1-12-8(9-10-11-12)16-5-4-13-6(14)2-3-7(13)15/h2-5H2,1H3. The number of likely N-dealkylation sites (tertiary alicyclic amines) is 1. The summed E-state index contributed by atoms with van der Waals surface area (Å²) in [6.07, 6.45) is 0.685. The Balaban J connectivity index is 1.82. The normalized spacial score (nSPS) is 16.2. The van der Waals surface area contributed by atoms with Gasteiger partial charge in [-0.3, -0.25) is 14.5 Å². The fourth-order valence-corrected chi connectivity index (χ4v) is 2.22. The van der Waals surface area contributed by atoms with E-state index in [4.69, 9.17) is 0 Å². The zero-order valence-electron chi connectivity index (χ0n) is 8.79. The van der Waals surface area contributed by atoms with Gasteiger partial charge in [0.1, 0.15) is 0 Å². The van der Waals surface area contributed by atoms with Crippen molar-refractivity contribution < 1.29 is 9.59 Å². The number of aromatic nitrogens is 4. The first-order valence-electron chi connectivity index (χ1n) is 4.87. The number of hydrogen-bond acceptors (Lipinski definition) is 6. The predicted octanol–water partition coefficient (Wildman–Crippen LogP) is -0.549. The third kappa shape index (κ3) is 2.21. The molecule has 2 rings (SSSR count). The minimum absolute atomic E-state index is 0.0818. The number of tetrazole rings is 1. The van der Waals surface area contributed by atoms with Gasteiger partial charge in [-0.15, -0.1) is 5.10 Å². The summed E-state index contributed by atoms with van der Waals surface area (Å²) in [4.78, 5) is 23.9. The number of imide groups is 1. The van der Waals surface area contributed by atoms with Gasteiger partial charge in [0.15, 0.2) is 0 Å². The highest BCUT2D eigenvalue weighted by Gasteiger charge is 2.28. The quantitative estimate of drug-likeness (QED) is 0.520. The molecule has 0 spiro atoms. The first-order valence-corrected chi connectivity index (χ1v) is 5.85. The summed E-state index contributed by atoms with van der Waals surface area (Å²) in [5, 5.41) is 11.7. The number of carbonyl (C=O) groups is 2. The molecule has 16 heavy (non-hydrogen) atoms. The average Bonchev–Trinajstić information content (AvgIpc) is 2.79. The van der Waals surface area contributed by atoms with Crippen LogP contribution in [0.3, 0.4) is 0 Å². The summed E-state index contributed by atoms with van der Waals surface area (Å²) in [5.74, 6) is 0.453. The maximum absolute atomic E-state index is 11.3. The molecular weight excluding hydrogens is 230 g/mol. The molecule has 1 aliphatic heterocycles. The molecule has 7 nitrogen and oxygen atoms in total. The zero-order valence-corrected chi connectivity index (χ0v) is 9.61. The maximum atomic E-state index is 11.3. The van der Waals surface area contributed by atoms with E-state index in [-0.39, 0.29) is 11.8 Å². The fourth-order valence-electron chi connectivity index (χ4n) is 1.44. The van der Waals surface area contributed by atoms with Gasteiger partial charge in [0.25, 0.3) is 0 Å². The lowest BCUT2D eigenvalue weighted by atomic mass is 10.4. The molecule has 0 N–H and O–H groups in total. The van der Waals surface area contributed by atoms with Gasteiger partial charge >= 0.3 is 0 Å². The summed E-state index contributed by atoms with van der Waals surface area (Å²) < 4.78 is 1.55. The predicted molar refractivity (Wildman–Crippen MR) is 55.5 cm³/mol. The third-order valence-corrected chi connectivity index (χ3v) is 3.27. The molecule has 0 saturated carbocycles. The minimum Gasteiger partial charge on any atom is -0.282 e. The fraction of sp³-hybridized carbons (Fsp3) is 0.625. The van der Waals surface area contributed by atoms with Crippen LogP contribution >= 0.6 is 11.8 Å². The molecule has 8 heteroatoms. The number of aryl methyl sites for hydroxylation is 1. The highest BCUT2D eigenvalue weighted by Crippen LogP contribution is 2.16. The number of nitrogens with zero attached hydrogens (tertiary/aromatic N) is 5. The van der Waals surface area contributed by atoms with Gasteiger partial charge in [-0.1, -0.05) is 11.8 Å². The van der Waals surface area contributed by atoms with Crippen LogP contribution in [-0.2, 0) is 16.6 Å². The van der Waals surface area contributed by atoms with E-state index >= 15 is 0 Å². The molecule has 0 aromatic carbocycles. The Morgan fingerprint density at radius 2 is 2.00 bits per heavy atom. The van der Waals surface area contributed by atoms with Crippen molar-refractivity contribution in [1.82, 2.24) is 25.1 Å². The summed E-state index contributed by atoms with van der Waals surface area (Å²) in [6, 6.07) is 0. The Morgan fingerprint density at radius 3 is 2.56 bits per heavy atom. The van der Waals surface area contributed by atoms with Crippen LogP contribution in [0.5, 0.6) is 0 Å². The van der Waals surface area contributed by atoms with Crippen molar-refractivity contribution in [2.24, 2.45) is 7.05 Å². The molecular formula is C8H11N5O2S. The van der Waals surface area contributed by atoms with E-state index in [9.17, 15) is 9.59 Å². The highest BCUT2D eigenvalue weighted by molar-refractivity contribution is 7.99. The molecule has 1 fully saturated rings. The molecule has 0 aliphatic carbocycles. The van der Waals surface area contributed by atoms with E-state index in [0.29, 0.717) is 30.3 Å². The van der Waals surface area contributed by atoms with E-state index in [1.807, 2.05) is 0 Å². The monoisotopic (exact) mass is 241 g/mol. The van der Waals surface area contributed by atoms with Crippen LogP contribution in [-0.4, -0.2) is 49.2 Å². The largest absolute Gasteiger partial charge is 0.282 e. The number of amides is 2. The van der Waals surface area contributed by atoms with E-state index in [0.717, 1.165) is 0 Å². The second-order valence-corrected chi connectivity index (χ2v) is 4.43. The molecule has 1 aliphatic rings. The van der Waals surface area contributed by atoms with Crippen LogP contribution < -0.4 is 0 Å². The molecule has 1 saturated heterocycles. The minimum atomic E-state index is -0.0818. The number of carbonyl (C=O) groups excluding carboxylic acids is 2. The van der Waals surface area contributed by atoms with Crippen molar-refractivity contribution in [1.29, 1.82) is 0 Å². The van der Waals surface area contributed by atoms with Gasteiger partial charge < -0.3 is 0 Å². The lowest BCUT2D eigenvalue weighted by Crippen LogP contribution is -2.31. The highest BCUT2D eigenvalue weighted by atomic mass is 32.2. The Morgan fingerprint density at radius 1 is 1.31 bits per heavy atom. The number of hydrogen-bond donors (Lipinski definition) is 0. The van der Waals surface area contributed by atoms with Crippen LogP contribution in [0.1, 0.15) is 12.8 Å². The van der Waals surface area contributed by atoms with Gasteiger partial charge in [0, 0.05) is 32.2 Å². The van der Waals surface area contributed by atoms with E-state index in [1.54, 1.807) is 11.7 Å². The van der Waals surface area contributed by atoms with Crippen molar-refractivity contribution in [3.8, 4) is 0 Å². The SMILES string of the molecule is Cn1nnnc1SCCN1C(=O)CCC1=O. The first-order chi connectivity index (χ1) is 7.68. The van der Waals surface area contributed by atoms with Crippen molar-refractivity contribution >= 4 is 23.6 Å². The molecule has 0 atom stereocenters. The number of rotatable bonds is 4. The van der Waals surface area contributed by atoms with Crippen LogP contribution in [0.2, 0.25) is 0 Å². The Kier molecular flexibility index (Phi) is 3.18. The summed E-state index contributed by atoms with van der Waals surface area (Å²) in [7, 11) is 1.74. The topological polar surface area (TPSA) is 81.0 Å².